The number of piperidine rings is 1. The highest BCUT2D eigenvalue weighted by Gasteiger charge is 2.28. The molecule has 6 heteroatoms. The zero-order valence-electron chi connectivity index (χ0n) is 15.8. The fourth-order valence-corrected chi connectivity index (χ4v) is 3.84. The largest absolute Gasteiger partial charge is 0.374 e. The number of likely N-dealkylation sites (tertiary alicyclic amines) is 1. The van der Waals surface area contributed by atoms with Crippen LogP contribution in [-0.4, -0.2) is 35.9 Å². The van der Waals surface area contributed by atoms with E-state index >= 15 is 0 Å². The van der Waals surface area contributed by atoms with E-state index in [1.807, 2.05) is 60.5 Å². The van der Waals surface area contributed by atoms with Gasteiger partial charge in [0, 0.05) is 24.7 Å². The van der Waals surface area contributed by atoms with Crippen molar-refractivity contribution in [2.24, 2.45) is 5.92 Å². The first kappa shape index (κ1) is 19.6. The van der Waals surface area contributed by atoms with Gasteiger partial charge in [-0.15, -0.1) is 11.3 Å². The average Bonchev–Trinajstić information content (AvgIpc) is 3.21. The van der Waals surface area contributed by atoms with Gasteiger partial charge in [-0.05, 0) is 55.8 Å². The van der Waals surface area contributed by atoms with Gasteiger partial charge in [0.1, 0.15) is 0 Å². The summed E-state index contributed by atoms with van der Waals surface area (Å²) in [5.41, 5.74) is 1.83. The summed E-state index contributed by atoms with van der Waals surface area (Å²) in [6, 6.07) is 11.5. The van der Waals surface area contributed by atoms with Gasteiger partial charge < -0.3 is 15.0 Å². The van der Waals surface area contributed by atoms with Crippen LogP contribution in [0.3, 0.4) is 0 Å². The van der Waals surface area contributed by atoms with E-state index in [9.17, 15) is 9.59 Å². The van der Waals surface area contributed by atoms with E-state index in [2.05, 4.69) is 5.32 Å². The van der Waals surface area contributed by atoms with Crippen LogP contribution in [0.5, 0.6) is 0 Å². The summed E-state index contributed by atoms with van der Waals surface area (Å²) < 4.78 is 5.62. The fraction of sp³-hybridized carbons (Fsp3) is 0.429. The minimum Gasteiger partial charge on any atom is -0.374 e. The second kappa shape index (κ2) is 9.15. The maximum Gasteiger partial charge on any atom is 0.263 e. The first-order valence-corrected chi connectivity index (χ1v) is 10.2. The molecule has 1 fully saturated rings. The van der Waals surface area contributed by atoms with Gasteiger partial charge in [-0.1, -0.05) is 18.2 Å². The first-order chi connectivity index (χ1) is 13.0. The number of ether oxygens (including phenoxy) is 1. The zero-order chi connectivity index (χ0) is 19.2. The van der Waals surface area contributed by atoms with Crippen LogP contribution in [0.1, 0.15) is 41.9 Å². The summed E-state index contributed by atoms with van der Waals surface area (Å²) in [4.78, 5) is 27.6. The molecular formula is C21H26N2O3S. The standard InChI is InChI=1S/C21H26N2O3S/c1-15(2)26-14-16-5-3-6-18(13-16)22-20(24)17-8-10-23(11-9-17)21(25)19-7-4-12-27-19/h3-7,12-13,15,17H,8-11,14H2,1-2H3,(H,22,24). The molecule has 0 radical (unpaired) electrons. The lowest BCUT2D eigenvalue weighted by Gasteiger charge is -2.31. The second-order valence-electron chi connectivity index (χ2n) is 7.09. The van der Waals surface area contributed by atoms with E-state index in [0.717, 1.165) is 16.1 Å². The van der Waals surface area contributed by atoms with Crippen LogP contribution in [0.4, 0.5) is 5.69 Å². The van der Waals surface area contributed by atoms with Crippen LogP contribution in [0.15, 0.2) is 41.8 Å². The molecule has 0 atom stereocenters. The third kappa shape index (κ3) is 5.40. The number of nitrogens with zero attached hydrogens (tertiary/aromatic N) is 1. The molecule has 144 valence electrons. The van der Waals surface area contributed by atoms with Crippen LogP contribution in [0.2, 0.25) is 0 Å². The summed E-state index contributed by atoms with van der Waals surface area (Å²) in [7, 11) is 0. The molecule has 0 spiro atoms. The van der Waals surface area contributed by atoms with Crippen LogP contribution in [-0.2, 0) is 16.1 Å². The Bertz CT molecular complexity index is 765. The van der Waals surface area contributed by atoms with Gasteiger partial charge in [0.2, 0.25) is 5.91 Å². The Labute approximate surface area is 164 Å². The first-order valence-electron chi connectivity index (χ1n) is 9.37. The Kier molecular flexibility index (Phi) is 6.63. The number of thiophene rings is 1. The molecule has 3 rings (SSSR count). The fourth-order valence-electron chi connectivity index (χ4n) is 3.15. The molecule has 1 aliphatic rings. The average molecular weight is 387 g/mol. The number of amides is 2. The van der Waals surface area contributed by atoms with E-state index < -0.39 is 0 Å². The molecule has 1 aromatic heterocycles. The quantitative estimate of drug-likeness (QED) is 0.811. The molecule has 1 N–H and O–H groups in total. The van der Waals surface area contributed by atoms with Crippen molar-refractivity contribution in [2.45, 2.75) is 39.4 Å². The monoisotopic (exact) mass is 386 g/mol. The summed E-state index contributed by atoms with van der Waals surface area (Å²) in [5, 5.41) is 4.93. The van der Waals surface area contributed by atoms with Crippen molar-refractivity contribution < 1.29 is 14.3 Å². The summed E-state index contributed by atoms with van der Waals surface area (Å²) in [6.07, 6.45) is 1.56. The van der Waals surface area contributed by atoms with Crippen molar-refractivity contribution in [1.29, 1.82) is 0 Å². The highest BCUT2D eigenvalue weighted by molar-refractivity contribution is 7.12. The van der Waals surface area contributed by atoms with Gasteiger partial charge in [0.05, 0.1) is 17.6 Å². The molecule has 1 aliphatic heterocycles. The Hall–Kier alpha value is -2.18. The molecular weight excluding hydrogens is 360 g/mol. The minimum absolute atomic E-state index is 0.0279. The van der Waals surface area contributed by atoms with Crippen molar-refractivity contribution >= 4 is 28.8 Å². The Balaban J connectivity index is 1.51. The third-order valence-electron chi connectivity index (χ3n) is 4.66. The van der Waals surface area contributed by atoms with Crippen LogP contribution < -0.4 is 5.32 Å². The maximum absolute atomic E-state index is 12.6. The molecule has 27 heavy (non-hydrogen) atoms. The van der Waals surface area contributed by atoms with Crippen LogP contribution in [0, 0.1) is 5.92 Å². The maximum atomic E-state index is 12.6. The molecule has 2 heterocycles. The van der Waals surface area contributed by atoms with Crippen molar-refractivity contribution in [3.63, 3.8) is 0 Å². The lowest BCUT2D eigenvalue weighted by molar-refractivity contribution is -0.121. The number of hydrogen-bond acceptors (Lipinski definition) is 4. The number of carbonyl (C=O) groups is 2. The number of rotatable bonds is 6. The lowest BCUT2D eigenvalue weighted by Crippen LogP contribution is -2.41. The summed E-state index contributed by atoms with van der Waals surface area (Å²) in [5.74, 6) is 0.0369. The molecule has 2 aromatic rings. The van der Waals surface area contributed by atoms with Gasteiger partial charge >= 0.3 is 0 Å². The SMILES string of the molecule is CC(C)OCc1cccc(NC(=O)C2CCN(C(=O)c3cccs3)CC2)c1. The minimum atomic E-state index is -0.0621. The normalized spacial score (nSPS) is 15.1. The van der Waals surface area contributed by atoms with Crippen molar-refractivity contribution in [1.82, 2.24) is 4.90 Å². The Morgan fingerprint density at radius 3 is 2.67 bits per heavy atom. The van der Waals surface area contributed by atoms with E-state index in [4.69, 9.17) is 4.74 Å². The highest BCUT2D eigenvalue weighted by Crippen LogP contribution is 2.22. The molecule has 1 saturated heterocycles. The number of carbonyl (C=O) groups excluding carboxylic acids is 2. The Morgan fingerprint density at radius 2 is 2.00 bits per heavy atom. The number of hydrogen-bond donors (Lipinski definition) is 1. The molecule has 0 aliphatic carbocycles. The smallest absolute Gasteiger partial charge is 0.263 e. The van der Waals surface area contributed by atoms with E-state index in [1.54, 1.807) is 0 Å². The van der Waals surface area contributed by atoms with Crippen molar-refractivity contribution in [3.05, 3.63) is 52.2 Å². The van der Waals surface area contributed by atoms with Gasteiger partial charge in [-0.25, -0.2) is 0 Å². The molecule has 5 nitrogen and oxygen atoms in total. The van der Waals surface area contributed by atoms with E-state index in [1.165, 1.54) is 11.3 Å². The molecule has 0 bridgehead atoms. The second-order valence-corrected chi connectivity index (χ2v) is 8.04. The topological polar surface area (TPSA) is 58.6 Å². The van der Waals surface area contributed by atoms with Crippen molar-refractivity contribution in [3.8, 4) is 0 Å². The molecule has 2 amide bonds. The number of benzene rings is 1. The number of anilines is 1. The van der Waals surface area contributed by atoms with Crippen LogP contribution in [0.25, 0.3) is 0 Å². The highest BCUT2D eigenvalue weighted by atomic mass is 32.1. The lowest BCUT2D eigenvalue weighted by atomic mass is 9.95. The van der Waals surface area contributed by atoms with Crippen LogP contribution >= 0.6 is 11.3 Å². The number of nitrogens with one attached hydrogen (secondary N) is 1. The van der Waals surface area contributed by atoms with Gasteiger partial charge in [0.25, 0.3) is 5.91 Å². The molecule has 0 saturated carbocycles. The zero-order valence-corrected chi connectivity index (χ0v) is 16.6. The Morgan fingerprint density at radius 1 is 1.22 bits per heavy atom. The summed E-state index contributed by atoms with van der Waals surface area (Å²) >= 11 is 1.46. The van der Waals surface area contributed by atoms with Gasteiger partial charge in [0.15, 0.2) is 0 Å². The van der Waals surface area contributed by atoms with E-state index in [-0.39, 0.29) is 23.8 Å². The third-order valence-corrected chi connectivity index (χ3v) is 5.52. The van der Waals surface area contributed by atoms with Crippen molar-refractivity contribution in [2.75, 3.05) is 18.4 Å². The van der Waals surface area contributed by atoms with Gasteiger partial charge in [-0.3, -0.25) is 9.59 Å². The van der Waals surface area contributed by atoms with Gasteiger partial charge in [-0.2, -0.15) is 0 Å². The molecule has 1 aromatic carbocycles. The predicted molar refractivity (Wildman–Crippen MR) is 108 cm³/mol. The molecule has 0 unspecified atom stereocenters. The predicted octanol–water partition coefficient (Wildman–Crippen LogP) is 4.16. The summed E-state index contributed by atoms with van der Waals surface area (Å²) in [6.45, 7) is 5.78. The van der Waals surface area contributed by atoms with E-state index in [0.29, 0.717) is 32.5 Å².